The Balaban J connectivity index is 1.94. The Morgan fingerprint density at radius 2 is 2.05 bits per heavy atom. The quantitative estimate of drug-likeness (QED) is 0.803. The number of hydrogen-bond acceptors (Lipinski definition) is 4. The maximum absolute atomic E-state index is 12.7. The number of aryl methyl sites for hydroxylation is 1. The Morgan fingerprint density at radius 3 is 2.52 bits per heavy atom. The van der Waals surface area contributed by atoms with Crippen molar-refractivity contribution in [2.75, 3.05) is 6.54 Å². The minimum Gasteiger partial charge on any atom is -0.334 e. The predicted molar refractivity (Wildman–Crippen MR) is 76.1 cm³/mol. The van der Waals surface area contributed by atoms with Crippen LogP contribution < -0.4 is 5.14 Å². The first kappa shape index (κ1) is 14.5. The van der Waals surface area contributed by atoms with Crippen molar-refractivity contribution >= 4 is 15.9 Å². The summed E-state index contributed by atoms with van der Waals surface area (Å²) in [7, 11) is -3.97. The van der Waals surface area contributed by atoms with Crippen molar-refractivity contribution in [3.05, 3.63) is 11.4 Å². The highest BCUT2D eigenvalue weighted by Crippen LogP contribution is 2.36. The molecule has 0 unspecified atom stereocenters. The molecule has 0 spiro atoms. The topological polar surface area (TPSA) is 109 Å². The molecule has 0 aromatic carbocycles. The number of amides is 1. The molecule has 1 aromatic rings. The van der Waals surface area contributed by atoms with Crippen LogP contribution in [0.3, 0.4) is 0 Å². The van der Waals surface area contributed by atoms with Gasteiger partial charge < -0.3 is 4.90 Å². The van der Waals surface area contributed by atoms with Gasteiger partial charge in [0, 0.05) is 12.6 Å². The summed E-state index contributed by atoms with van der Waals surface area (Å²) in [4.78, 5) is 14.3. The lowest BCUT2D eigenvalue weighted by molar-refractivity contribution is 0.0725. The molecule has 0 atom stereocenters. The Bertz CT molecular complexity index is 659. The molecule has 1 heterocycles. The van der Waals surface area contributed by atoms with E-state index < -0.39 is 10.0 Å². The van der Waals surface area contributed by atoms with Crippen LogP contribution in [0.1, 0.15) is 48.8 Å². The molecule has 0 saturated heterocycles. The zero-order valence-electron chi connectivity index (χ0n) is 12.0. The van der Waals surface area contributed by atoms with Gasteiger partial charge in [0.05, 0.1) is 5.69 Å². The number of primary sulfonamides is 1. The van der Waals surface area contributed by atoms with Crippen LogP contribution in [0.15, 0.2) is 4.90 Å². The first-order chi connectivity index (χ1) is 9.91. The van der Waals surface area contributed by atoms with Crippen LogP contribution >= 0.6 is 0 Å². The summed E-state index contributed by atoms with van der Waals surface area (Å²) in [5, 5.41) is 11.8. The van der Waals surface area contributed by atoms with E-state index in [-0.39, 0.29) is 22.5 Å². The number of hydrogen-bond donors (Lipinski definition) is 2. The number of nitrogens with one attached hydrogen (secondary N) is 1. The number of nitrogens with two attached hydrogens (primary N) is 1. The minimum absolute atomic E-state index is 0.0538. The molecule has 7 nitrogen and oxygen atoms in total. The number of carbonyl (C=O) groups is 1. The summed E-state index contributed by atoms with van der Waals surface area (Å²) in [5.74, 6) is 0.237. The maximum Gasteiger partial charge on any atom is 0.276 e. The monoisotopic (exact) mass is 312 g/mol. The highest BCUT2D eigenvalue weighted by Gasteiger charge is 2.39. The fourth-order valence-electron chi connectivity index (χ4n) is 2.56. The second-order valence-corrected chi connectivity index (χ2v) is 7.41. The molecule has 8 heteroatoms. The number of aromatic nitrogens is 2. The van der Waals surface area contributed by atoms with Gasteiger partial charge in [0.15, 0.2) is 5.69 Å². The lowest BCUT2D eigenvalue weighted by atomic mass is 10.2. The molecule has 1 amide bonds. The normalized spacial score (nSPS) is 18.8. The van der Waals surface area contributed by atoms with Gasteiger partial charge in [-0.1, -0.05) is 6.92 Å². The van der Waals surface area contributed by atoms with Gasteiger partial charge in [-0.25, -0.2) is 13.6 Å². The lowest BCUT2D eigenvalue weighted by Crippen LogP contribution is -2.36. The summed E-state index contributed by atoms with van der Waals surface area (Å²) < 4.78 is 23.6. The van der Waals surface area contributed by atoms with Crippen LogP contribution in [0.5, 0.6) is 0 Å². The van der Waals surface area contributed by atoms with Crippen molar-refractivity contribution in [1.82, 2.24) is 15.1 Å². The van der Waals surface area contributed by atoms with Crippen LogP contribution in [-0.4, -0.2) is 42.0 Å². The average molecular weight is 312 g/mol. The third-order valence-electron chi connectivity index (χ3n) is 4.03. The molecular weight excluding hydrogens is 292 g/mol. The van der Waals surface area contributed by atoms with Crippen molar-refractivity contribution in [2.24, 2.45) is 11.1 Å². The van der Waals surface area contributed by atoms with E-state index in [1.807, 2.05) is 0 Å². The summed E-state index contributed by atoms with van der Waals surface area (Å²) in [6, 6.07) is 0.230. The standard InChI is InChI=1S/C13H20N4O3S/c1-2-10-12(21(14,19)20)11(16-15-10)13(18)17(9-5-6-9)7-8-3-4-8/h8-9H,2-7H2,1H3,(H,15,16)(H2,14,19,20). The number of H-pyrrole nitrogens is 1. The molecule has 2 aliphatic carbocycles. The first-order valence-electron chi connectivity index (χ1n) is 7.32. The molecule has 3 N–H and O–H groups in total. The SMILES string of the molecule is CCc1[nH]nc(C(=O)N(CC2CC2)C2CC2)c1S(N)(=O)=O. The van der Waals surface area contributed by atoms with E-state index >= 15 is 0 Å². The fraction of sp³-hybridized carbons (Fsp3) is 0.692. The summed E-state index contributed by atoms with van der Waals surface area (Å²) in [6.07, 6.45) is 4.67. The molecule has 0 bridgehead atoms. The van der Waals surface area contributed by atoms with Crippen molar-refractivity contribution in [3.8, 4) is 0 Å². The number of carbonyl (C=O) groups excluding carboxylic acids is 1. The average Bonchev–Trinajstić information content (AvgIpc) is 3.31. The van der Waals surface area contributed by atoms with Crippen molar-refractivity contribution in [1.29, 1.82) is 0 Å². The number of rotatable bonds is 6. The van der Waals surface area contributed by atoms with Gasteiger partial charge in [-0.3, -0.25) is 9.89 Å². The first-order valence-corrected chi connectivity index (χ1v) is 8.87. The molecule has 0 radical (unpaired) electrons. The van der Waals surface area contributed by atoms with Gasteiger partial charge >= 0.3 is 0 Å². The van der Waals surface area contributed by atoms with E-state index in [1.54, 1.807) is 11.8 Å². The molecule has 0 aliphatic heterocycles. The van der Waals surface area contributed by atoms with E-state index in [2.05, 4.69) is 10.2 Å². The van der Waals surface area contributed by atoms with Crippen molar-refractivity contribution in [2.45, 2.75) is 50.0 Å². The van der Waals surface area contributed by atoms with Crippen molar-refractivity contribution in [3.63, 3.8) is 0 Å². The zero-order valence-corrected chi connectivity index (χ0v) is 12.8. The molecule has 2 fully saturated rings. The van der Waals surface area contributed by atoms with Crippen LogP contribution in [0.2, 0.25) is 0 Å². The van der Waals surface area contributed by atoms with Crippen LogP contribution in [0.25, 0.3) is 0 Å². The van der Waals surface area contributed by atoms with Crippen LogP contribution in [0, 0.1) is 5.92 Å². The van der Waals surface area contributed by atoms with Gasteiger partial charge in [0.2, 0.25) is 10.0 Å². The van der Waals surface area contributed by atoms with E-state index in [1.165, 1.54) is 0 Å². The number of sulfonamides is 1. The molecule has 21 heavy (non-hydrogen) atoms. The summed E-state index contributed by atoms with van der Waals surface area (Å²) in [6.45, 7) is 2.49. The molecular formula is C13H20N4O3S. The van der Waals surface area contributed by atoms with Gasteiger partial charge in [-0.2, -0.15) is 5.10 Å². The zero-order chi connectivity index (χ0) is 15.2. The lowest BCUT2D eigenvalue weighted by Gasteiger charge is -2.21. The highest BCUT2D eigenvalue weighted by atomic mass is 32.2. The van der Waals surface area contributed by atoms with Gasteiger partial charge in [0.25, 0.3) is 5.91 Å². The van der Waals surface area contributed by atoms with Crippen molar-refractivity contribution < 1.29 is 13.2 Å². The molecule has 116 valence electrons. The van der Waals surface area contributed by atoms with E-state index in [0.717, 1.165) is 25.7 Å². The Labute approximate surface area is 123 Å². The second-order valence-electron chi connectivity index (χ2n) is 5.91. The summed E-state index contributed by atoms with van der Waals surface area (Å²) in [5.41, 5.74) is 0.338. The Morgan fingerprint density at radius 1 is 1.38 bits per heavy atom. The van der Waals surface area contributed by atoms with Gasteiger partial charge in [-0.15, -0.1) is 0 Å². The van der Waals surface area contributed by atoms with E-state index in [4.69, 9.17) is 5.14 Å². The van der Waals surface area contributed by atoms with Crippen LogP contribution in [0.4, 0.5) is 0 Å². The van der Waals surface area contributed by atoms with E-state index in [0.29, 0.717) is 24.6 Å². The third kappa shape index (κ3) is 2.96. The fourth-order valence-corrected chi connectivity index (χ4v) is 3.49. The predicted octanol–water partition coefficient (Wildman–Crippen LogP) is 0.634. The minimum atomic E-state index is -3.97. The molecule has 3 rings (SSSR count). The smallest absolute Gasteiger partial charge is 0.276 e. The second kappa shape index (κ2) is 5.10. The number of nitrogens with zero attached hydrogens (tertiary/aromatic N) is 2. The largest absolute Gasteiger partial charge is 0.334 e. The highest BCUT2D eigenvalue weighted by molar-refractivity contribution is 7.89. The van der Waals surface area contributed by atoms with Gasteiger partial charge in [-0.05, 0) is 38.0 Å². The van der Waals surface area contributed by atoms with Crippen LogP contribution in [-0.2, 0) is 16.4 Å². The Kier molecular flexibility index (Phi) is 3.53. The Hall–Kier alpha value is -1.41. The third-order valence-corrected chi connectivity index (χ3v) is 5.04. The summed E-state index contributed by atoms with van der Waals surface area (Å²) >= 11 is 0. The molecule has 1 aromatic heterocycles. The van der Waals surface area contributed by atoms with E-state index in [9.17, 15) is 13.2 Å². The molecule has 2 aliphatic rings. The maximum atomic E-state index is 12.7. The van der Waals surface area contributed by atoms with Gasteiger partial charge in [0.1, 0.15) is 4.90 Å². The number of aromatic amines is 1. The molecule has 2 saturated carbocycles.